The number of ether oxygens (including phenoxy) is 1. The Morgan fingerprint density at radius 2 is 1.96 bits per heavy atom. The summed E-state index contributed by atoms with van der Waals surface area (Å²) in [6, 6.07) is 1.86. The summed E-state index contributed by atoms with van der Waals surface area (Å²) in [5, 5.41) is 23.6. The first-order valence-electron chi connectivity index (χ1n) is 6.78. The Morgan fingerprint density at radius 1 is 1.33 bits per heavy atom. The summed E-state index contributed by atoms with van der Waals surface area (Å²) in [6.07, 6.45) is 0. The van der Waals surface area contributed by atoms with Crippen molar-refractivity contribution >= 4 is 5.97 Å². The maximum absolute atomic E-state index is 14.0. The lowest BCUT2D eigenvalue weighted by Gasteiger charge is -2.26. The van der Waals surface area contributed by atoms with Gasteiger partial charge in [0.25, 0.3) is 5.70 Å². The Kier molecular flexibility index (Phi) is 4.54. The van der Waals surface area contributed by atoms with E-state index < -0.39 is 39.9 Å². The van der Waals surface area contributed by atoms with Crippen LogP contribution in [0.3, 0.4) is 0 Å². The van der Waals surface area contributed by atoms with Crippen molar-refractivity contribution < 1.29 is 28.3 Å². The zero-order valence-corrected chi connectivity index (χ0v) is 13.0. The molecule has 128 valence electrons. The fourth-order valence-corrected chi connectivity index (χ4v) is 2.79. The minimum Gasteiger partial charge on any atom is -0.493 e. The molecular formula is C15H14F2N2O5. The number of carboxylic acids is 1. The van der Waals surface area contributed by atoms with Crippen molar-refractivity contribution in [3.63, 3.8) is 0 Å². The van der Waals surface area contributed by atoms with Crippen LogP contribution >= 0.6 is 0 Å². The largest absolute Gasteiger partial charge is 0.493 e. The van der Waals surface area contributed by atoms with Crippen LogP contribution in [0.25, 0.3) is 0 Å². The van der Waals surface area contributed by atoms with Gasteiger partial charge in [-0.25, -0.2) is 9.18 Å². The molecule has 1 aromatic carbocycles. The predicted octanol–water partition coefficient (Wildman–Crippen LogP) is 2.53. The minimum absolute atomic E-state index is 0.110. The summed E-state index contributed by atoms with van der Waals surface area (Å²) < 4.78 is 32.3. The summed E-state index contributed by atoms with van der Waals surface area (Å²) in [5.74, 6) is -5.94. The maximum Gasteiger partial charge on any atom is 0.334 e. The van der Waals surface area contributed by atoms with Crippen LogP contribution in [0.4, 0.5) is 8.78 Å². The fraction of sp³-hybridized carbons (Fsp3) is 0.267. The highest BCUT2D eigenvalue weighted by Crippen LogP contribution is 2.43. The van der Waals surface area contributed by atoms with Crippen molar-refractivity contribution in [3.05, 3.63) is 62.1 Å². The van der Waals surface area contributed by atoms with E-state index in [1.165, 1.54) is 13.8 Å². The first-order valence-corrected chi connectivity index (χ1v) is 6.78. The maximum atomic E-state index is 14.0. The number of allylic oxidation sites excluding steroid dienone is 3. The van der Waals surface area contributed by atoms with Gasteiger partial charge in [-0.2, -0.15) is 4.39 Å². The zero-order chi connectivity index (χ0) is 18.2. The molecule has 0 fully saturated rings. The first-order chi connectivity index (χ1) is 11.2. The third-order valence-electron chi connectivity index (χ3n) is 3.75. The average Bonchev–Trinajstić information content (AvgIpc) is 2.48. The van der Waals surface area contributed by atoms with Crippen LogP contribution < -0.4 is 10.1 Å². The number of methoxy groups -OCH3 is 1. The average molecular weight is 340 g/mol. The lowest BCUT2D eigenvalue weighted by molar-refractivity contribution is -0.431. The van der Waals surface area contributed by atoms with E-state index in [4.69, 9.17) is 4.74 Å². The molecule has 1 heterocycles. The molecule has 24 heavy (non-hydrogen) atoms. The summed E-state index contributed by atoms with van der Waals surface area (Å²) in [7, 11) is 1.07. The van der Waals surface area contributed by atoms with Crippen LogP contribution in [0.15, 0.2) is 34.8 Å². The second-order valence-corrected chi connectivity index (χ2v) is 5.15. The molecule has 0 spiro atoms. The van der Waals surface area contributed by atoms with Crippen LogP contribution in [0.1, 0.15) is 25.3 Å². The normalized spacial score (nSPS) is 17.6. The molecule has 7 nitrogen and oxygen atoms in total. The van der Waals surface area contributed by atoms with Gasteiger partial charge in [0.15, 0.2) is 11.6 Å². The number of nitrogens with zero attached hydrogens (tertiary/aromatic N) is 1. The summed E-state index contributed by atoms with van der Waals surface area (Å²) >= 11 is 0. The van der Waals surface area contributed by atoms with Crippen molar-refractivity contribution in [2.24, 2.45) is 0 Å². The Hall–Kier alpha value is -2.97. The molecule has 2 rings (SSSR count). The number of hydrogen-bond acceptors (Lipinski definition) is 5. The molecule has 0 bridgehead atoms. The van der Waals surface area contributed by atoms with Gasteiger partial charge in [0, 0.05) is 11.3 Å². The molecule has 0 saturated carbocycles. The number of benzene rings is 1. The van der Waals surface area contributed by atoms with E-state index in [1.807, 2.05) is 0 Å². The second-order valence-electron chi connectivity index (χ2n) is 5.15. The van der Waals surface area contributed by atoms with E-state index in [0.29, 0.717) is 0 Å². The number of nitro groups is 1. The highest BCUT2D eigenvalue weighted by Gasteiger charge is 2.42. The number of carboxylic acid groups (broad SMARTS) is 1. The van der Waals surface area contributed by atoms with E-state index >= 15 is 0 Å². The topological polar surface area (TPSA) is 102 Å². The fourth-order valence-electron chi connectivity index (χ4n) is 2.79. The molecule has 0 amide bonds. The van der Waals surface area contributed by atoms with E-state index in [2.05, 4.69) is 5.32 Å². The third-order valence-corrected chi connectivity index (χ3v) is 3.75. The molecule has 0 saturated heterocycles. The Balaban J connectivity index is 2.84. The first kappa shape index (κ1) is 17.4. The van der Waals surface area contributed by atoms with Gasteiger partial charge in [-0.05, 0) is 19.9 Å². The van der Waals surface area contributed by atoms with Crippen LogP contribution in [0.2, 0.25) is 0 Å². The number of halogens is 2. The molecule has 1 aliphatic rings. The predicted molar refractivity (Wildman–Crippen MR) is 78.8 cm³/mol. The van der Waals surface area contributed by atoms with Crippen molar-refractivity contribution in [3.8, 4) is 5.75 Å². The molecule has 1 aliphatic heterocycles. The minimum atomic E-state index is -1.41. The van der Waals surface area contributed by atoms with Gasteiger partial charge in [0.1, 0.15) is 5.92 Å². The van der Waals surface area contributed by atoms with Crippen LogP contribution in [0.5, 0.6) is 5.75 Å². The van der Waals surface area contributed by atoms with Crippen LogP contribution in [-0.2, 0) is 4.79 Å². The third kappa shape index (κ3) is 2.68. The van der Waals surface area contributed by atoms with Crippen molar-refractivity contribution in [2.75, 3.05) is 7.11 Å². The van der Waals surface area contributed by atoms with E-state index in [0.717, 1.165) is 19.2 Å². The van der Waals surface area contributed by atoms with Gasteiger partial charge in [-0.15, -0.1) is 0 Å². The summed E-state index contributed by atoms with van der Waals surface area (Å²) in [4.78, 5) is 22.3. The van der Waals surface area contributed by atoms with Gasteiger partial charge in [0.05, 0.1) is 23.3 Å². The number of carbonyl (C=O) groups is 1. The molecule has 1 atom stereocenters. The van der Waals surface area contributed by atoms with Crippen molar-refractivity contribution in [1.29, 1.82) is 0 Å². The van der Waals surface area contributed by atoms with Crippen molar-refractivity contribution in [2.45, 2.75) is 19.8 Å². The van der Waals surface area contributed by atoms with E-state index in [9.17, 15) is 28.8 Å². The quantitative estimate of drug-likeness (QED) is 0.645. The van der Waals surface area contributed by atoms with Gasteiger partial charge in [-0.3, -0.25) is 10.1 Å². The number of rotatable bonds is 4. The van der Waals surface area contributed by atoms with E-state index in [-0.39, 0.29) is 22.5 Å². The number of nitrogens with one attached hydrogen (secondary N) is 1. The van der Waals surface area contributed by atoms with Gasteiger partial charge >= 0.3 is 5.97 Å². The van der Waals surface area contributed by atoms with Crippen LogP contribution in [0, 0.1) is 21.7 Å². The van der Waals surface area contributed by atoms with Gasteiger partial charge in [-0.1, -0.05) is 6.07 Å². The smallest absolute Gasteiger partial charge is 0.334 e. The number of dihydropyridines is 1. The van der Waals surface area contributed by atoms with E-state index in [1.54, 1.807) is 0 Å². The molecule has 9 heteroatoms. The molecule has 1 aromatic rings. The summed E-state index contributed by atoms with van der Waals surface area (Å²) in [6.45, 7) is 2.84. The Labute approximate surface area is 135 Å². The molecule has 2 N–H and O–H groups in total. The SMILES string of the molecule is COc1c(C2C(C(=O)O)=C(C)NC(C)=C2[N+](=O)[O-])ccc(F)c1F. The molecular weight excluding hydrogens is 326 g/mol. The highest BCUT2D eigenvalue weighted by molar-refractivity contribution is 5.91. The van der Waals surface area contributed by atoms with Crippen molar-refractivity contribution in [1.82, 2.24) is 5.32 Å². The Bertz CT molecular complexity index is 765. The standard InChI is InChI=1S/C15H14F2N2O5/c1-6-10(15(20)21)11(13(19(22)23)7(2)18-6)8-4-5-9(16)12(17)14(8)24-3/h4-5,11,18H,1-3H3,(H,20,21). The number of aliphatic carboxylic acids is 1. The molecule has 0 aliphatic carbocycles. The Morgan fingerprint density at radius 3 is 2.46 bits per heavy atom. The lowest BCUT2D eigenvalue weighted by Crippen LogP contribution is -2.31. The van der Waals surface area contributed by atoms with Crippen LogP contribution in [-0.4, -0.2) is 23.1 Å². The molecule has 0 radical (unpaired) electrons. The lowest BCUT2D eigenvalue weighted by atomic mass is 9.83. The highest BCUT2D eigenvalue weighted by atomic mass is 19.2. The van der Waals surface area contributed by atoms with Gasteiger partial charge in [0.2, 0.25) is 5.82 Å². The molecule has 1 unspecified atom stereocenters. The summed E-state index contributed by atoms with van der Waals surface area (Å²) in [5.41, 5.74) is -0.665. The second kappa shape index (κ2) is 6.26. The zero-order valence-electron chi connectivity index (χ0n) is 13.0. The number of hydrogen-bond donors (Lipinski definition) is 2. The molecule has 0 aromatic heterocycles. The van der Waals surface area contributed by atoms with Gasteiger partial charge < -0.3 is 15.2 Å². The monoisotopic (exact) mass is 340 g/mol.